The highest BCUT2D eigenvalue weighted by Crippen LogP contribution is 2.38. The van der Waals surface area contributed by atoms with E-state index in [9.17, 15) is 0 Å². The molecule has 0 spiro atoms. The Morgan fingerprint density at radius 3 is 1.80 bits per heavy atom. The minimum absolute atomic E-state index is 0.445. The number of hydrogen-bond donors (Lipinski definition) is 0. The van der Waals surface area contributed by atoms with Crippen LogP contribution in [-0.2, 0) is 18.0 Å². The summed E-state index contributed by atoms with van der Waals surface area (Å²) in [6.45, 7) is 1.87. The number of hydrogen-bond acceptors (Lipinski definition) is 5. The lowest BCUT2D eigenvalue weighted by atomic mass is 10.1. The maximum Gasteiger partial charge on any atom is 0.148 e. The zero-order valence-corrected chi connectivity index (χ0v) is 26.5. The number of aromatic nitrogens is 2. The van der Waals surface area contributed by atoms with Crippen LogP contribution in [0.3, 0.4) is 0 Å². The van der Waals surface area contributed by atoms with E-state index in [2.05, 4.69) is 44.8 Å². The van der Waals surface area contributed by atoms with Crippen LogP contribution in [0.2, 0.25) is 0 Å². The van der Waals surface area contributed by atoms with Crippen LogP contribution in [0.5, 0.6) is 17.2 Å². The van der Waals surface area contributed by atoms with Crippen LogP contribution in [0.1, 0.15) is 11.1 Å². The largest absolute Gasteiger partial charge is 0.490 e. The van der Waals surface area contributed by atoms with Crippen LogP contribution >= 0.6 is 15.9 Å². The van der Waals surface area contributed by atoms with E-state index in [0.29, 0.717) is 26.4 Å². The fraction of sp³-hybridized carbons (Fsp3) is 0.132. The first-order chi connectivity index (χ1) is 22.2. The van der Waals surface area contributed by atoms with Gasteiger partial charge in [-0.05, 0) is 69.5 Å². The van der Waals surface area contributed by atoms with Gasteiger partial charge in [0.2, 0.25) is 0 Å². The van der Waals surface area contributed by atoms with Crippen molar-refractivity contribution in [2.24, 2.45) is 0 Å². The predicted molar refractivity (Wildman–Crippen MR) is 181 cm³/mol. The van der Waals surface area contributed by atoms with Crippen molar-refractivity contribution in [2.75, 3.05) is 20.3 Å². The van der Waals surface area contributed by atoms with E-state index in [1.165, 1.54) is 0 Å². The quantitative estimate of drug-likeness (QED) is 0.116. The van der Waals surface area contributed by atoms with Gasteiger partial charge in [-0.25, -0.2) is 4.98 Å². The molecule has 1 heterocycles. The van der Waals surface area contributed by atoms with Crippen LogP contribution < -0.4 is 14.2 Å². The standard InChI is InChI=1S/C38H33BrN2O4/c1-42-22-23-43-37-21-20-30(24-33(37)39)41-25-34(31-16-8-10-18-35(31)44-26-28-12-4-2-5-13-28)40-38(41)32-17-9-11-19-36(32)45-27-29-14-6-3-7-15-29/h2-21,24-25H,22-23,26-27H2,1H3. The summed E-state index contributed by atoms with van der Waals surface area (Å²) in [7, 11) is 1.66. The van der Waals surface area contributed by atoms with Crippen molar-refractivity contribution in [3.8, 4) is 45.6 Å². The Labute approximate surface area is 272 Å². The van der Waals surface area contributed by atoms with Gasteiger partial charge in [0.05, 0.1) is 22.3 Å². The van der Waals surface area contributed by atoms with Crippen molar-refractivity contribution in [1.82, 2.24) is 9.55 Å². The molecule has 0 amide bonds. The Morgan fingerprint density at radius 1 is 0.600 bits per heavy atom. The second kappa shape index (κ2) is 14.8. The van der Waals surface area contributed by atoms with E-state index in [-0.39, 0.29) is 0 Å². The minimum atomic E-state index is 0.445. The molecule has 0 bridgehead atoms. The molecule has 0 unspecified atom stereocenters. The number of benzene rings is 5. The first-order valence-corrected chi connectivity index (χ1v) is 15.5. The summed E-state index contributed by atoms with van der Waals surface area (Å²) in [5.41, 5.74) is 5.65. The molecule has 1 aromatic heterocycles. The van der Waals surface area contributed by atoms with Crippen molar-refractivity contribution in [3.63, 3.8) is 0 Å². The van der Waals surface area contributed by atoms with Gasteiger partial charge < -0.3 is 18.9 Å². The average Bonchev–Trinajstić information content (AvgIpc) is 3.53. The van der Waals surface area contributed by atoms with Crippen molar-refractivity contribution < 1.29 is 18.9 Å². The van der Waals surface area contributed by atoms with Crippen molar-refractivity contribution in [3.05, 3.63) is 149 Å². The summed E-state index contributed by atoms with van der Waals surface area (Å²) >= 11 is 3.70. The number of halogens is 1. The van der Waals surface area contributed by atoms with Crippen LogP contribution in [0.25, 0.3) is 28.3 Å². The van der Waals surface area contributed by atoms with Crippen molar-refractivity contribution in [1.29, 1.82) is 0 Å². The molecule has 0 saturated carbocycles. The molecule has 0 N–H and O–H groups in total. The van der Waals surface area contributed by atoms with E-state index in [0.717, 1.165) is 61.2 Å². The highest BCUT2D eigenvalue weighted by molar-refractivity contribution is 9.10. The lowest BCUT2D eigenvalue weighted by molar-refractivity contribution is 0.146. The molecule has 5 aromatic carbocycles. The van der Waals surface area contributed by atoms with Gasteiger partial charge in [-0.15, -0.1) is 0 Å². The summed E-state index contributed by atoms with van der Waals surface area (Å²) in [4.78, 5) is 5.21. The van der Waals surface area contributed by atoms with Gasteiger partial charge in [0.1, 0.15) is 42.9 Å². The highest BCUT2D eigenvalue weighted by atomic mass is 79.9. The SMILES string of the molecule is COCCOc1ccc(-n2cc(-c3ccccc3OCc3ccccc3)nc2-c2ccccc2OCc2ccccc2)cc1Br. The van der Waals surface area contributed by atoms with Crippen molar-refractivity contribution in [2.45, 2.75) is 13.2 Å². The molecule has 0 saturated heterocycles. The van der Waals surface area contributed by atoms with Crippen LogP contribution in [-0.4, -0.2) is 29.9 Å². The molecule has 7 heteroatoms. The van der Waals surface area contributed by atoms with Gasteiger partial charge in [-0.3, -0.25) is 4.57 Å². The molecular formula is C38H33BrN2O4. The Bertz CT molecular complexity index is 1840. The zero-order valence-electron chi connectivity index (χ0n) is 24.9. The third-order valence-electron chi connectivity index (χ3n) is 7.21. The molecule has 0 aliphatic carbocycles. The maximum atomic E-state index is 6.37. The van der Waals surface area contributed by atoms with Crippen LogP contribution in [0, 0.1) is 0 Å². The number of nitrogens with zero attached hydrogens (tertiary/aromatic N) is 2. The van der Waals surface area contributed by atoms with Gasteiger partial charge in [-0.1, -0.05) is 84.9 Å². The normalized spacial score (nSPS) is 10.9. The fourth-order valence-corrected chi connectivity index (χ4v) is 5.42. The third kappa shape index (κ3) is 7.45. The highest BCUT2D eigenvalue weighted by Gasteiger charge is 2.20. The number of methoxy groups -OCH3 is 1. The van der Waals surface area contributed by atoms with E-state index in [1.54, 1.807) is 7.11 Å². The first kappa shape index (κ1) is 30.2. The monoisotopic (exact) mass is 660 g/mol. The maximum absolute atomic E-state index is 6.37. The first-order valence-electron chi connectivity index (χ1n) is 14.7. The zero-order chi connectivity index (χ0) is 30.8. The van der Waals surface area contributed by atoms with E-state index >= 15 is 0 Å². The molecule has 6 nitrogen and oxygen atoms in total. The fourth-order valence-electron chi connectivity index (χ4n) is 4.94. The third-order valence-corrected chi connectivity index (χ3v) is 7.83. The Balaban J connectivity index is 1.40. The topological polar surface area (TPSA) is 54.7 Å². The predicted octanol–water partition coefficient (Wildman–Crippen LogP) is 9.15. The molecule has 6 rings (SSSR count). The summed E-state index contributed by atoms with van der Waals surface area (Å²) in [6, 6.07) is 42.3. The second-order valence-corrected chi connectivity index (χ2v) is 11.2. The number of imidazole rings is 1. The van der Waals surface area contributed by atoms with Gasteiger partial charge in [0.15, 0.2) is 0 Å². The minimum Gasteiger partial charge on any atom is -0.490 e. The number of ether oxygens (including phenoxy) is 4. The lowest BCUT2D eigenvalue weighted by Gasteiger charge is -2.14. The molecule has 0 aliphatic rings. The summed E-state index contributed by atoms with van der Waals surface area (Å²) in [5.74, 6) is 2.98. The Hall–Kier alpha value is -4.85. The molecule has 0 atom stereocenters. The molecule has 0 radical (unpaired) electrons. The molecule has 226 valence electrons. The molecule has 6 aromatic rings. The van der Waals surface area contributed by atoms with Crippen molar-refractivity contribution >= 4 is 15.9 Å². The Morgan fingerprint density at radius 2 is 1.18 bits per heavy atom. The van der Waals surface area contributed by atoms with Crippen LogP contribution in [0.4, 0.5) is 0 Å². The molecule has 0 aliphatic heterocycles. The van der Waals surface area contributed by atoms with Gasteiger partial charge >= 0.3 is 0 Å². The summed E-state index contributed by atoms with van der Waals surface area (Å²) in [6.07, 6.45) is 2.04. The van der Waals surface area contributed by atoms with Gasteiger partial charge in [-0.2, -0.15) is 0 Å². The van der Waals surface area contributed by atoms with Gasteiger partial charge in [0, 0.05) is 24.6 Å². The smallest absolute Gasteiger partial charge is 0.148 e. The number of para-hydroxylation sites is 2. The average molecular weight is 662 g/mol. The number of rotatable bonds is 13. The van der Waals surface area contributed by atoms with Crippen LogP contribution in [0.15, 0.2) is 138 Å². The lowest BCUT2D eigenvalue weighted by Crippen LogP contribution is -2.05. The Kier molecular flexibility index (Phi) is 9.90. The molecule has 45 heavy (non-hydrogen) atoms. The van der Waals surface area contributed by atoms with E-state index in [4.69, 9.17) is 23.9 Å². The summed E-state index contributed by atoms with van der Waals surface area (Å²) in [5, 5.41) is 0. The summed E-state index contributed by atoms with van der Waals surface area (Å²) < 4.78 is 26.6. The second-order valence-electron chi connectivity index (χ2n) is 10.3. The molecular weight excluding hydrogens is 628 g/mol. The van der Waals surface area contributed by atoms with Gasteiger partial charge in [0.25, 0.3) is 0 Å². The van der Waals surface area contributed by atoms with E-state index < -0.39 is 0 Å². The van der Waals surface area contributed by atoms with E-state index in [1.807, 2.05) is 109 Å². The molecule has 0 fully saturated rings.